The molecule has 4 aromatic carbocycles. The Morgan fingerprint density at radius 2 is 1.07 bits per heavy atom. The second-order valence-electron chi connectivity index (χ2n) is 6.66. The monoisotopic (exact) mass is 438 g/mol. The van der Waals surface area contributed by atoms with Crippen molar-refractivity contribution in [3.05, 3.63) is 83.9 Å². The molecular formula is C25H26O4Ti. The minimum Gasteiger partial charge on any atom is -0.481 e. The molecule has 30 heavy (non-hydrogen) atoms. The molecule has 0 atom stereocenters. The van der Waals surface area contributed by atoms with Gasteiger partial charge < -0.3 is 10.2 Å². The molecule has 0 saturated heterocycles. The van der Waals surface area contributed by atoms with Gasteiger partial charge in [0.25, 0.3) is 0 Å². The summed E-state index contributed by atoms with van der Waals surface area (Å²) < 4.78 is 0. The number of hydrogen-bond donors (Lipinski definition) is 2. The van der Waals surface area contributed by atoms with E-state index >= 15 is 0 Å². The smallest absolute Gasteiger partial charge is 0.481 e. The Bertz CT molecular complexity index is 923. The number of fused-ring (bicyclic) bond motifs is 2. The maximum atomic E-state index is 9.37. The minimum atomic E-state index is -0.745. The quantitative estimate of drug-likeness (QED) is 0.304. The van der Waals surface area contributed by atoms with Crippen molar-refractivity contribution in [1.82, 2.24) is 0 Å². The standard InChI is InChI=1S/C19H14.2C3H6O2.Ti/c1-2-6-17-11-14(10-16(17)5-1)9-15-12-18-7-3-4-8-19(18)13-15;2*1-2-3(4)5;/h1-8,10-13H,9H2;2*2H2,1H3,(H,4,5);/q-2;;;+2. The zero-order valence-corrected chi connectivity index (χ0v) is 18.8. The molecule has 0 heterocycles. The zero-order valence-electron chi connectivity index (χ0n) is 17.3. The number of rotatable bonds is 4. The van der Waals surface area contributed by atoms with Crippen LogP contribution in [0.1, 0.15) is 37.8 Å². The fourth-order valence-corrected chi connectivity index (χ4v) is 2.87. The van der Waals surface area contributed by atoms with E-state index in [-0.39, 0.29) is 34.6 Å². The molecule has 4 rings (SSSR count). The van der Waals surface area contributed by atoms with Crippen LogP contribution in [0.25, 0.3) is 21.5 Å². The number of hydrogen-bond acceptors (Lipinski definition) is 2. The number of carbonyl (C=O) groups is 2. The Labute approximate surface area is 191 Å². The van der Waals surface area contributed by atoms with E-state index in [1.165, 1.54) is 32.7 Å². The first-order valence-electron chi connectivity index (χ1n) is 9.65. The van der Waals surface area contributed by atoms with E-state index in [1.54, 1.807) is 13.8 Å². The summed E-state index contributed by atoms with van der Waals surface area (Å²) >= 11 is 0. The molecule has 0 spiro atoms. The molecule has 154 valence electrons. The molecule has 0 saturated carbocycles. The van der Waals surface area contributed by atoms with Gasteiger partial charge in [0, 0.05) is 12.8 Å². The van der Waals surface area contributed by atoms with Crippen molar-refractivity contribution in [3.8, 4) is 0 Å². The van der Waals surface area contributed by atoms with Gasteiger partial charge in [0.1, 0.15) is 0 Å². The molecule has 0 amide bonds. The van der Waals surface area contributed by atoms with Gasteiger partial charge in [0.15, 0.2) is 0 Å². The average Bonchev–Trinajstić information content (AvgIpc) is 3.31. The third-order valence-corrected chi connectivity index (χ3v) is 4.37. The molecule has 0 aliphatic carbocycles. The summed E-state index contributed by atoms with van der Waals surface area (Å²) in [7, 11) is 0. The van der Waals surface area contributed by atoms with Crippen LogP contribution in [0.4, 0.5) is 0 Å². The summed E-state index contributed by atoms with van der Waals surface area (Å²) in [5.74, 6) is -1.49. The summed E-state index contributed by atoms with van der Waals surface area (Å²) in [6.45, 7) is 3.20. The number of aliphatic carboxylic acids is 2. The van der Waals surface area contributed by atoms with E-state index in [9.17, 15) is 9.59 Å². The number of carboxylic acids is 2. The van der Waals surface area contributed by atoms with E-state index in [0.717, 1.165) is 6.42 Å². The van der Waals surface area contributed by atoms with Crippen molar-refractivity contribution in [2.75, 3.05) is 0 Å². The Hall–Kier alpha value is -2.69. The van der Waals surface area contributed by atoms with E-state index in [1.807, 2.05) is 0 Å². The molecule has 5 heteroatoms. The molecule has 2 N–H and O–H groups in total. The first kappa shape index (κ1) is 25.4. The summed E-state index contributed by atoms with van der Waals surface area (Å²) in [6, 6.07) is 26.3. The van der Waals surface area contributed by atoms with Gasteiger partial charge in [-0.05, 0) is 6.42 Å². The summed E-state index contributed by atoms with van der Waals surface area (Å²) in [6.07, 6.45) is 1.46. The van der Waals surface area contributed by atoms with Crippen LogP contribution >= 0.6 is 0 Å². The molecule has 0 fully saturated rings. The summed E-state index contributed by atoms with van der Waals surface area (Å²) in [4.78, 5) is 18.7. The molecule has 4 nitrogen and oxygen atoms in total. The van der Waals surface area contributed by atoms with Gasteiger partial charge in [0.05, 0.1) is 0 Å². The summed E-state index contributed by atoms with van der Waals surface area (Å²) in [5, 5.41) is 20.8. The van der Waals surface area contributed by atoms with Gasteiger partial charge in [-0.15, -0.1) is 81.2 Å². The Balaban J connectivity index is 0.000000348. The first-order valence-corrected chi connectivity index (χ1v) is 9.65. The third-order valence-electron chi connectivity index (χ3n) is 4.37. The van der Waals surface area contributed by atoms with Gasteiger partial charge in [-0.1, -0.05) is 26.0 Å². The Kier molecular flexibility index (Phi) is 10.8. The fraction of sp³-hybridized carbons (Fsp3) is 0.200. The molecule has 0 bridgehead atoms. The van der Waals surface area contributed by atoms with Crippen molar-refractivity contribution >= 4 is 33.5 Å². The molecule has 0 aliphatic heterocycles. The molecule has 4 aromatic rings. The maximum Gasteiger partial charge on any atom is 2.00 e. The van der Waals surface area contributed by atoms with Crippen molar-refractivity contribution < 1.29 is 41.5 Å². The van der Waals surface area contributed by atoms with Crippen molar-refractivity contribution in [1.29, 1.82) is 0 Å². The van der Waals surface area contributed by atoms with Gasteiger partial charge in [0.2, 0.25) is 0 Å². The topological polar surface area (TPSA) is 74.6 Å². The van der Waals surface area contributed by atoms with E-state index < -0.39 is 11.9 Å². The van der Waals surface area contributed by atoms with Crippen LogP contribution in [0.3, 0.4) is 0 Å². The third kappa shape index (κ3) is 7.98. The Morgan fingerprint density at radius 3 is 1.37 bits per heavy atom. The van der Waals surface area contributed by atoms with Crippen molar-refractivity contribution in [3.63, 3.8) is 0 Å². The normalized spacial score (nSPS) is 9.67. The minimum absolute atomic E-state index is 0. The predicted molar refractivity (Wildman–Crippen MR) is 118 cm³/mol. The second-order valence-corrected chi connectivity index (χ2v) is 6.66. The molecular weight excluding hydrogens is 412 g/mol. The fourth-order valence-electron chi connectivity index (χ4n) is 2.87. The van der Waals surface area contributed by atoms with Crippen LogP contribution in [-0.2, 0) is 37.7 Å². The number of benzene rings is 2. The molecule has 0 aromatic heterocycles. The van der Waals surface area contributed by atoms with E-state index in [0.29, 0.717) is 0 Å². The summed E-state index contributed by atoms with van der Waals surface area (Å²) in [5.41, 5.74) is 2.80. The Morgan fingerprint density at radius 1 is 0.733 bits per heavy atom. The van der Waals surface area contributed by atoms with Gasteiger partial charge >= 0.3 is 33.7 Å². The molecule has 0 unspecified atom stereocenters. The van der Waals surface area contributed by atoms with Gasteiger partial charge in [-0.2, -0.15) is 12.1 Å². The SMILES string of the molecule is CCC(=O)O.CCC(=O)O.[Ti+2].c1ccc2[cH-]c(Cc3cc4ccccc4[cH-]3)cc2c1. The van der Waals surface area contributed by atoms with Crippen LogP contribution in [0.5, 0.6) is 0 Å². The van der Waals surface area contributed by atoms with Crippen LogP contribution < -0.4 is 0 Å². The van der Waals surface area contributed by atoms with Crippen molar-refractivity contribution in [2.24, 2.45) is 0 Å². The average molecular weight is 438 g/mol. The number of carboxylic acid groups (broad SMARTS) is 2. The molecule has 0 aliphatic rings. The molecule has 0 radical (unpaired) electrons. The van der Waals surface area contributed by atoms with Crippen LogP contribution in [0.15, 0.2) is 72.8 Å². The largest absolute Gasteiger partial charge is 2.00 e. The van der Waals surface area contributed by atoms with E-state index in [2.05, 4.69) is 72.8 Å². The predicted octanol–water partition coefficient (Wildman–Crippen LogP) is 5.98. The van der Waals surface area contributed by atoms with Crippen molar-refractivity contribution in [2.45, 2.75) is 33.1 Å². The van der Waals surface area contributed by atoms with E-state index in [4.69, 9.17) is 10.2 Å². The zero-order chi connectivity index (χ0) is 21.2. The maximum absolute atomic E-state index is 9.37. The van der Waals surface area contributed by atoms with Crippen LogP contribution in [-0.4, -0.2) is 22.2 Å². The second kappa shape index (κ2) is 12.8. The first-order chi connectivity index (χ1) is 13.9. The van der Waals surface area contributed by atoms with Crippen LogP contribution in [0, 0.1) is 0 Å². The van der Waals surface area contributed by atoms with Gasteiger partial charge in [-0.25, -0.2) is 0 Å². The van der Waals surface area contributed by atoms with Crippen LogP contribution in [0.2, 0.25) is 0 Å². The van der Waals surface area contributed by atoms with Gasteiger partial charge in [-0.3, -0.25) is 9.59 Å².